The van der Waals surface area contributed by atoms with Gasteiger partial charge in [-0.3, -0.25) is 9.59 Å². The monoisotopic (exact) mass is 880 g/mol. The topological polar surface area (TPSA) is 198 Å². The molecule has 2 amide bonds. The van der Waals surface area contributed by atoms with Crippen molar-refractivity contribution in [2.24, 2.45) is 0 Å². The number of likely N-dealkylation sites (tertiary alicyclic amines) is 2. The van der Waals surface area contributed by atoms with E-state index in [1.54, 1.807) is 9.80 Å². The molecule has 2 unspecified atom stereocenters. The first kappa shape index (κ1) is 42.9. The van der Waals surface area contributed by atoms with Crippen LogP contribution in [0.25, 0.3) is 44.6 Å². The second-order valence-electron chi connectivity index (χ2n) is 15.9. The zero-order valence-corrected chi connectivity index (χ0v) is 36.2. The number of aromatic nitrogens is 8. The summed E-state index contributed by atoms with van der Waals surface area (Å²) in [5.74, 6) is 3.61. The molecule has 66 heavy (non-hydrogen) atoms. The number of nitrogens with zero attached hydrogens (tertiary/aromatic N) is 10. The van der Waals surface area contributed by atoms with E-state index in [-0.39, 0.29) is 23.9 Å². The van der Waals surface area contributed by atoms with Gasteiger partial charge in [-0.1, -0.05) is 49.6 Å². The second-order valence-corrected chi connectivity index (χ2v) is 15.9. The summed E-state index contributed by atoms with van der Waals surface area (Å²) in [6, 6.07) is 34.6. The van der Waals surface area contributed by atoms with Gasteiger partial charge in [0.25, 0.3) is 0 Å². The van der Waals surface area contributed by atoms with Gasteiger partial charge in [0.1, 0.15) is 58.7 Å². The van der Waals surface area contributed by atoms with Gasteiger partial charge in [-0.25, -0.2) is 29.3 Å². The molecule has 4 aromatic carbocycles. The van der Waals surface area contributed by atoms with Gasteiger partial charge in [0.05, 0.1) is 22.9 Å². The number of fused-ring (bicyclic) bond motifs is 2. The fourth-order valence-electron chi connectivity index (χ4n) is 8.48. The van der Waals surface area contributed by atoms with E-state index >= 15 is 0 Å². The number of hydrogen-bond acceptors (Lipinski definition) is 12. The summed E-state index contributed by atoms with van der Waals surface area (Å²) >= 11 is 0. The minimum Gasteiger partial charge on any atom is -0.457 e. The average Bonchev–Trinajstić information content (AvgIpc) is 3.96. The lowest BCUT2D eigenvalue weighted by Crippen LogP contribution is -2.40. The molecule has 2 aliphatic heterocycles. The van der Waals surface area contributed by atoms with Gasteiger partial charge in [-0.05, 0) is 111 Å². The fourth-order valence-corrected chi connectivity index (χ4v) is 8.48. The standard InChI is InChI=1S/2C25H24N6O2/c2*1-2-21(32)30-14-6-7-18(15-30)31-25-22(24(26)27-16-28-25)23(29-31)17-10-12-20(13-11-17)33-19-8-4-3-5-9-19/h2*2-5,8-13,16,18H,1,6-7,14-15H2,(H2,26,27,28). The van der Waals surface area contributed by atoms with Crippen molar-refractivity contribution in [1.29, 1.82) is 0 Å². The van der Waals surface area contributed by atoms with Gasteiger partial charge in [0.15, 0.2) is 11.3 Å². The maximum absolute atomic E-state index is 12.2. The zero-order valence-electron chi connectivity index (χ0n) is 36.2. The summed E-state index contributed by atoms with van der Waals surface area (Å²) < 4.78 is 15.6. The molecule has 2 aliphatic rings. The van der Waals surface area contributed by atoms with Crippen molar-refractivity contribution < 1.29 is 19.1 Å². The van der Waals surface area contributed by atoms with Crippen LogP contribution in [0.15, 0.2) is 147 Å². The van der Waals surface area contributed by atoms with Crippen molar-refractivity contribution in [2.75, 3.05) is 37.6 Å². The van der Waals surface area contributed by atoms with Crippen LogP contribution in [0, 0.1) is 0 Å². The number of benzene rings is 4. The van der Waals surface area contributed by atoms with Crippen LogP contribution in [0.1, 0.15) is 37.8 Å². The van der Waals surface area contributed by atoms with Crippen molar-refractivity contribution in [3.05, 3.63) is 147 Å². The van der Waals surface area contributed by atoms with Crippen LogP contribution < -0.4 is 20.9 Å². The molecule has 16 nitrogen and oxygen atoms in total. The molecule has 2 fully saturated rings. The Kier molecular flexibility index (Phi) is 12.4. The molecule has 10 rings (SSSR count). The number of ether oxygens (including phenoxy) is 2. The normalized spacial score (nSPS) is 16.0. The van der Waals surface area contributed by atoms with Crippen molar-refractivity contribution in [2.45, 2.75) is 37.8 Å². The number of piperidine rings is 2. The van der Waals surface area contributed by atoms with E-state index in [1.807, 2.05) is 119 Å². The average molecular weight is 881 g/mol. The highest BCUT2D eigenvalue weighted by Crippen LogP contribution is 2.37. The molecule has 0 bridgehead atoms. The maximum atomic E-state index is 12.2. The Balaban J connectivity index is 0.000000166. The number of rotatable bonds is 10. The lowest BCUT2D eigenvalue weighted by molar-refractivity contribution is -0.128. The Hall–Kier alpha value is -8.40. The Morgan fingerprint density at radius 3 is 1.30 bits per heavy atom. The number of anilines is 2. The SMILES string of the molecule is C=CC(=O)N1CCCC(n2nc(-c3ccc(Oc4ccccc4)cc3)c3c(N)ncnc32)C1.C=CC(=O)N1CCCC(n2nc(-c3ccc(Oc4ccccc4)cc3)c3c(N)ncnc32)C1. The van der Waals surface area contributed by atoms with Crippen molar-refractivity contribution in [3.63, 3.8) is 0 Å². The van der Waals surface area contributed by atoms with E-state index in [4.69, 9.17) is 31.1 Å². The summed E-state index contributed by atoms with van der Waals surface area (Å²) in [4.78, 5) is 45.3. The Morgan fingerprint density at radius 2 is 0.924 bits per heavy atom. The number of carbonyl (C=O) groups excluding carboxylic acids is 2. The number of amides is 2. The van der Waals surface area contributed by atoms with Crippen molar-refractivity contribution in [1.82, 2.24) is 49.3 Å². The van der Waals surface area contributed by atoms with E-state index in [9.17, 15) is 9.59 Å². The highest BCUT2D eigenvalue weighted by Gasteiger charge is 2.30. The molecule has 6 heterocycles. The third-order valence-corrected chi connectivity index (χ3v) is 11.7. The molecular formula is C50H48N12O4. The molecule has 16 heteroatoms. The lowest BCUT2D eigenvalue weighted by atomic mass is 10.1. The first-order valence-electron chi connectivity index (χ1n) is 21.7. The molecule has 8 aromatic rings. The largest absolute Gasteiger partial charge is 0.457 e. The minimum absolute atomic E-state index is 0.00566. The summed E-state index contributed by atoms with van der Waals surface area (Å²) in [6.07, 6.45) is 9.16. The molecule has 2 saturated heterocycles. The number of nitrogens with two attached hydrogens (primary N) is 2. The third kappa shape index (κ3) is 9.01. The van der Waals surface area contributed by atoms with Gasteiger partial charge < -0.3 is 30.7 Å². The Labute approximate surface area is 380 Å². The Morgan fingerprint density at radius 1 is 0.545 bits per heavy atom. The summed E-state index contributed by atoms with van der Waals surface area (Å²) in [6.45, 7) is 9.75. The molecule has 4 aromatic heterocycles. The second kappa shape index (κ2) is 19.1. The molecule has 0 saturated carbocycles. The van der Waals surface area contributed by atoms with E-state index < -0.39 is 0 Å². The molecule has 2 atom stereocenters. The number of hydrogen-bond donors (Lipinski definition) is 2. The van der Waals surface area contributed by atoms with E-state index in [0.29, 0.717) is 71.3 Å². The van der Waals surface area contributed by atoms with Gasteiger partial charge in [-0.15, -0.1) is 0 Å². The molecule has 4 N–H and O–H groups in total. The molecule has 332 valence electrons. The van der Waals surface area contributed by atoms with Crippen LogP contribution in [0.2, 0.25) is 0 Å². The molecular weight excluding hydrogens is 833 g/mol. The smallest absolute Gasteiger partial charge is 0.246 e. The van der Waals surface area contributed by atoms with E-state index in [2.05, 4.69) is 33.1 Å². The predicted octanol–water partition coefficient (Wildman–Crippen LogP) is 8.43. The number of carbonyl (C=O) groups is 2. The van der Waals surface area contributed by atoms with E-state index in [1.165, 1.54) is 24.8 Å². The zero-order chi connectivity index (χ0) is 45.6. The van der Waals surface area contributed by atoms with Crippen molar-refractivity contribution >= 4 is 45.5 Å². The lowest BCUT2D eigenvalue weighted by Gasteiger charge is -2.32. The molecule has 0 spiro atoms. The van der Waals surface area contributed by atoms with Gasteiger partial charge >= 0.3 is 0 Å². The first-order valence-corrected chi connectivity index (χ1v) is 21.7. The van der Waals surface area contributed by atoms with Gasteiger partial charge in [0, 0.05) is 37.3 Å². The van der Waals surface area contributed by atoms with Crippen molar-refractivity contribution in [3.8, 4) is 45.5 Å². The first-order chi connectivity index (χ1) is 32.3. The number of para-hydroxylation sites is 2. The van der Waals surface area contributed by atoms with E-state index in [0.717, 1.165) is 59.8 Å². The quantitative estimate of drug-likeness (QED) is 0.125. The summed E-state index contributed by atoms with van der Waals surface area (Å²) in [5.41, 5.74) is 17.0. The summed E-state index contributed by atoms with van der Waals surface area (Å²) in [7, 11) is 0. The Bertz CT molecular complexity index is 2800. The van der Waals surface area contributed by atoms with Crippen LogP contribution >= 0.6 is 0 Å². The third-order valence-electron chi connectivity index (χ3n) is 11.7. The predicted molar refractivity (Wildman–Crippen MR) is 253 cm³/mol. The summed E-state index contributed by atoms with van der Waals surface area (Å²) in [5, 5.41) is 11.2. The molecule has 0 aliphatic carbocycles. The van der Waals surface area contributed by atoms with Crippen LogP contribution in [0.4, 0.5) is 11.6 Å². The van der Waals surface area contributed by atoms with Crippen LogP contribution in [0.5, 0.6) is 23.0 Å². The van der Waals surface area contributed by atoms with Crippen LogP contribution in [-0.4, -0.2) is 87.3 Å². The van der Waals surface area contributed by atoms with Crippen LogP contribution in [0.3, 0.4) is 0 Å². The minimum atomic E-state index is -0.0699. The fraction of sp³-hybridized carbons (Fsp3) is 0.200. The van der Waals surface area contributed by atoms with Crippen LogP contribution in [-0.2, 0) is 9.59 Å². The highest BCUT2D eigenvalue weighted by atomic mass is 16.5. The highest BCUT2D eigenvalue weighted by molar-refractivity contribution is 5.99. The molecule has 0 radical (unpaired) electrons. The van der Waals surface area contributed by atoms with Gasteiger partial charge in [-0.2, -0.15) is 10.2 Å². The maximum Gasteiger partial charge on any atom is 0.246 e. The van der Waals surface area contributed by atoms with Gasteiger partial charge in [0.2, 0.25) is 11.8 Å². The number of nitrogen functional groups attached to an aromatic ring is 2.